The van der Waals surface area contributed by atoms with Crippen LogP contribution in [0.4, 0.5) is 0 Å². The molecule has 1 rings (SSSR count). The highest BCUT2D eigenvalue weighted by Crippen LogP contribution is 2.08. The summed E-state index contributed by atoms with van der Waals surface area (Å²) in [5, 5.41) is 9.00. The zero-order valence-corrected chi connectivity index (χ0v) is 4.83. The molecule has 0 aromatic rings. The fourth-order valence-electron chi connectivity index (χ4n) is 0.627. The van der Waals surface area contributed by atoms with Gasteiger partial charge in [0.1, 0.15) is 0 Å². The van der Waals surface area contributed by atoms with Gasteiger partial charge in [-0.1, -0.05) is 6.92 Å². The number of hydrogen-bond donors (Lipinski definition) is 1. The highest BCUT2D eigenvalue weighted by Gasteiger charge is 1.93. The first-order valence-electron chi connectivity index (χ1n) is 2.67. The Hall–Kier alpha value is -0.690. The molecule has 1 aliphatic rings. The molecule has 0 radical (unpaired) electrons. The molecule has 0 spiro atoms. The van der Waals surface area contributed by atoms with Crippen molar-refractivity contribution in [2.75, 3.05) is 0 Å². The van der Waals surface area contributed by atoms with E-state index in [-0.39, 0.29) is 6.10 Å². The first kappa shape index (κ1) is 5.45. The summed E-state index contributed by atoms with van der Waals surface area (Å²) in [4.78, 5) is 0. The first-order valence-corrected chi connectivity index (χ1v) is 2.67. The van der Waals surface area contributed by atoms with Crippen molar-refractivity contribution >= 4 is 0 Å². The summed E-state index contributed by atoms with van der Waals surface area (Å²) in [6, 6.07) is 0. The molecule has 1 aliphatic carbocycles. The molecule has 1 atom stereocenters. The molecule has 44 valence electrons. The minimum absolute atomic E-state index is 0.347. The van der Waals surface area contributed by atoms with Crippen LogP contribution in [0.2, 0.25) is 0 Å². The van der Waals surface area contributed by atoms with Crippen molar-refractivity contribution in [3.8, 4) is 0 Å². The first-order chi connectivity index (χ1) is 3.80. The second kappa shape index (κ2) is 2.05. The summed E-state index contributed by atoms with van der Waals surface area (Å²) in [5.74, 6) is 0. The lowest BCUT2D eigenvalue weighted by molar-refractivity contribution is 0.258. The van der Waals surface area contributed by atoms with E-state index in [9.17, 15) is 0 Å². The van der Waals surface area contributed by atoms with Gasteiger partial charge in [0.05, 0.1) is 0 Å². The standard InChI is InChI=1S/C7H9O/c1-6-4-2-3-5-7(6)8/h2-5,7-8H,1H3/q-1/t7-/m1/s1. The van der Waals surface area contributed by atoms with Crippen LogP contribution in [-0.2, 0) is 0 Å². The lowest BCUT2D eigenvalue weighted by atomic mass is 10.1. The average molecular weight is 109 g/mol. The normalized spacial score (nSPS) is 26.8. The molecule has 1 heteroatoms. The molecule has 0 aliphatic heterocycles. The molecule has 0 amide bonds. The van der Waals surface area contributed by atoms with Crippen molar-refractivity contribution in [2.45, 2.75) is 13.0 Å². The summed E-state index contributed by atoms with van der Waals surface area (Å²) in [5.41, 5.74) is 1.01. The van der Waals surface area contributed by atoms with E-state index in [0.717, 1.165) is 5.57 Å². The molecule has 0 aromatic heterocycles. The van der Waals surface area contributed by atoms with Gasteiger partial charge in [0.25, 0.3) is 0 Å². The fourth-order valence-corrected chi connectivity index (χ4v) is 0.627. The highest BCUT2D eigenvalue weighted by molar-refractivity contribution is 5.26. The van der Waals surface area contributed by atoms with E-state index in [1.165, 1.54) is 0 Å². The molecule has 0 fully saturated rings. The average Bonchev–Trinajstić information content (AvgIpc) is 1.77. The third kappa shape index (κ3) is 0.928. The van der Waals surface area contributed by atoms with Gasteiger partial charge < -0.3 is 5.11 Å². The van der Waals surface area contributed by atoms with E-state index in [4.69, 9.17) is 5.11 Å². The van der Waals surface area contributed by atoms with Crippen LogP contribution in [0.25, 0.3) is 0 Å². The van der Waals surface area contributed by atoms with Gasteiger partial charge in [-0.25, -0.2) is 0 Å². The van der Waals surface area contributed by atoms with Crippen LogP contribution in [0.3, 0.4) is 0 Å². The number of aliphatic hydroxyl groups excluding tert-OH is 1. The summed E-state index contributed by atoms with van der Waals surface area (Å²) >= 11 is 0. The number of hydrogen-bond acceptors (Lipinski definition) is 1. The predicted molar refractivity (Wildman–Crippen MR) is 33.2 cm³/mol. The molecular weight excluding hydrogens is 100 g/mol. The Morgan fingerprint density at radius 1 is 1.75 bits per heavy atom. The van der Waals surface area contributed by atoms with Crippen LogP contribution >= 0.6 is 0 Å². The number of rotatable bonds is 0. The topological polar surface area (TPSA) is 20.2 Å². The molecule has 0 aromatic carbocycles. The van der Waals surface area contributed by atoms with Crippen LogP contribution in [0.15, 0.2) is 23.8 Å². The van der Waals surface area contributed by atoms with Crippen molar-refractivity contribution < 1.29 is 5.11 Å². The second-order valence-electron chi connectivity index (χ2n) is 1.93. The maximum atomic E-state index is 9.00. The van der Waals surface area contributed by atoms with E-state index in [1.54, 1.807) is 6.08 Å². The Kier molecular flexibility index (Phi) is 1.40. The summed E-state index contributed by atoms with van der Waals surface area (Å²) < 4.78 is 0. The molecule has 0 saturated carbocycles. The zero-order chi connectivity index (χ0) is 5.98. The van der Waals surface area contributed by atoms with Gasteiger partial charge in [-0.05, 0) is 0 Å². The van der Waals surface area contributed by atoms with Gasteiger partial charge in [0, 0.05) is 6.10 Å². The van der Waals surface area contributed by atoms with Crippen LogP contribution in [-0.4, -0.2) is 11.2 Å². The molecule has 0 heterocycles. The molecular formula is C7H9O-. The summed E-state index contributed by atoms with van der Waals surface area (Å²) in [6.07, 6.45) is 7.08. The number of allylic oxidation sites excluding steroid dienone is 2. The van der Waals surface area contributed by atoms with Crippen molar-refractivity contribution in [3.63, 3.8) is 0 Å². The second-order valence-corrected chi connectivity index (χ2v) is 1.93. The fraction of sp³-hybridized carbons (Fsp3) is 0.286. The van der Waals surface area contributed by atoms with Gasteiger partial charge in [-0.2, -0.15) is 24.6 Å². The van der Waals surface area contributed by atoms with E-state index in [0.29, 0.717) is 0 Å². The van der Waals surface area contributed by atoms with Gasteiger partial charge >= 0.3 is 0 Å². The van der Waals surface area contributed by atoms with Crippen LogP contribution in [0.1, 0.15) is 6.92 Å². The molecule has 1 nitrogen and oxygen atoms in total. The third-order valence-corrected chi connectivity index (χ3v) is 1.23. The molecule has 0 saturated heterocycles. The lowest BCUT2D eigenvalue weighted by Crippen LogP contribution is -2.05. The molecule has 8 heavy (non-hydrogen) atoms. The maximum Gasteiger partial charge on any atom is 0.00732 e. The van der Waals surface area contributed by atoms with Crippen molar-refractivity contribution in [1.82, 2.24) is 0 Å². The minimum Gasteiger partial charge on any atom is -0.409 e. The van der Waals surface area contributed by atoms with E-state index >= 15 is 0 Å². The van der Waals surface area contributed by atoms with Crippen LogP contribution < -0.4 is 0 Å². The van der Waals surface area contributed by atoms with Crippen molar-refractivity contribution in [3.05, 3.63) is 30.2 Å². The Balaban J connectivity index is 2.63. The number of aliphatic hydroxyl groups is 1. The van der Waals surface area contributed by atoms with Gasteiger partial charge in [-0.15, -0.1) is 5.57 Å². The van der Waals surface area contributed by atoms with Crippen LogP contribution in [0.5, 0.6) is 0 Å². The zero-order valence-electron chi connectivity index (χ0n) is 4.83. The summed E-state index contributed by atoms with van der Waals surface area (Å²) in [6.45, 7) is 1.91. The van der Waals surface area contributed by atoms with Gasteiger partial charge in [0.2, 0.25) is 0 Å². The van der Waals surface area contributed by atoms with Crippen LogP contribution in [0, 0.1) is 6.42 Å². The highest BCUT2D eigenvalue weighted by atomic mass is 16.3. The quantitative estimate of drug-likeness (QED) is 0.461. The Morgan fingerprint density at radius 3 is 2.88 bits per heavy atom. The van der Waals surface area contributed by atoms with E-state index in [1.807, 2.05) is 25.5 Å². The Bertz CT molecular complexity index is 133. The minimum atomic E-state index is -0.347. The molecule has 0 bridgehead atoms. The Morgan fingerprint density at radius 2 is 2.50 bits per heavy atom. The Labute approximate surface area is 49.3 Å². The predicted octanol–water partition coefficient (Wildman–Crippen LogP) is 1.07. The van der Waals surface area contributed by atoms with Crippen molar-refractivity contribution in [1.29, 1.82) is 0 Å². The van der Waals surface area contributed by atoms with E-state index < -0.39 is 0 Å². The lowest BCUT2D eigenvalue weighted by Gasteiger charge is -2.17. The monoisotopic (exact) mass is 109 g/mol. The van der Waals surface area contributed by atoms with Gasteiger partial charge in [0.15, 0.2) is 0 Å². The summed E-state index contributed by atoms with van der Waals surface area (Å²) in [7, 11) is 0. The maximum absolute atomic E-state index is 9.00. The molecule has 1 N–H and O–H groups in total. The van der Waals surface area contributed by atoms with Crippen molar-refractivity contribution in [2.24, 2.45) is 0 Å². The SMILES string of the molecule is CC1=C[CH-]C=C[C@H]1O. The largest absolute Gasteiger partial charge is 0.409 e. The van der Waals surface area contributed by atoms with E-state index in [2.05, 4.69) is 0 Å². The van der Waals surface area contributed by atoms with Gasteiger partial charge in [-0.3, -0.25) is 0 Å². The third-order valence-electron chi connectivity index (χ3n) is 1.23. The molecule has 0 unspecified atom stereocenters. The smallest absolute Gasteiger partial charge is 0.00732 e.